The number of nitrogens with two attached hydrogens (primary N) is 1. The number of aryl methyl sites for hydroxylation is 2. The molecule has 3 rings (SSSR count). The number of ether oxygens (including phenoxy) is 1. The van der Waals surface area contributed by atoms with Crippen molar-refractivity contribution in [3.05, 3.63) is 34.9 Å². The lowest BCUT2D eigenvalue weighted by molar-refractivity contribution is -0.0161. The first-order valence-corrected chi connectivity index (χ1v) is 6.83. The maximum absolute atomic E-state index is 12.3. The first-order chi connectivity index (χ1) is 9.08. The fourth-order valence-electron chi connectivity index (χ4n) is 3.23. The molecule has 1 aromatic carbocycles. The predicted octanol–water partition coefficient (Wildman–Crippen LogP) is 1.15. The molecule has 1 saturated carbocycles. The second-order valence-corrected chi connectivity index (χ2v) is 5.68. The molecule has 2 fully saturated rings. The highest BCUT2D eigenvalue weighted by atomic mass is 16.5. The minimum Gasteiger partial charge on any atom is -0.376 e. The van der Waals surface area contributed by atoms with Crippen molar-refractivity contribution >= 4 is 5.91 Å². The van der Waals surface area contributed by atoms with Gasteiger partial charge in [-0.25, -0.2) is 0 Å². The fraction of sp³-hybridized carbons (Fsp3) is 0.533. The Morgan fingerprint density at radius 3 is 2.95 bits per heavy atom. The van der Waals surface area contributed by atoms with Gasteiger partial charge in [0.2, 0.25) is 0 Å². The summed E-state index contributed by atoms with van der Waals surface area (Å²) >= 11 is 0. The van der Waals surface area contributed by atoms with E-state index in [0.29, 0.717) is 5.92 Å². The topological polar surface area (TPSA) is 64.4 Å². The average molecular weight is 260 g/mol. The van der Waals surface area contributed by atoms with Gasteiger partial charge in [-0.2, -0.15) is 0 Å². The van der Waals surface area contributed by atoms with Crippen LogP contribution >= 0.6 is 0 Å². The van der Waals surface area contributed by atoms with Crippen LogP contribution < -0.4 is 11.1 Å². The lowest BCUT2D eigenvalue weighted by atomic mass is 9.72. The van der Waals surface area contributed by atoms with Gasteiger partial charge in [0.25, 0.3) is 5.91 Å². The molecule has 102 valence electrons. The summed E-state index contributed by atoms with van der Waals surface area (Å²) in [5.41, 5.74) is 8.98. The van der Waals surface area contributed by atoms with Crippen molar-refractivity contribution in [1.82, 2.24) is 5.32 Å². The van der Waals surface area contributed by atoms with Gasteiger partial charge in [-0.3, -0.25) is 4.79 Å². The SMILES string of the molecule is Cc1ccc(C(=O)NC2C(N)C3CCOC32)c(C)c1. The summed E-state index contributed by atoms with van der Waals surface area (Å²) < 4.78 is 5.63. The van der Waals surface area contributed by atoms with Crippen LogP contribution in [-0.4, -0.2) is 30.7 Å². The van der Waals surface area contributed by atoms with E-state index in [1.54, 1.807) is 0 Å². The van der Waals surface area contributed by atoms with E-state index in [-0.39, 0.29) is 24.1 Å². The zero-order valence-corrected chi connectivity index (χ0v) is 11.3. The zero-order valence-electron chi connectivity index (χ0n) is 11.3. The normalized spacial score (nSPS) is 32.6. The van der Waals surface area contributed by atoms with Crippen molar-refractivity contribution in [1.29, 1.82) is 0 Å². The monoisotopic (exact) mass is 260 g/mol. The first kappa shape index (κ1) is 12.6. The van der Waals surface area contributed by atoms with Gasteiger partial charge in [0.15, 0.2) is 0 Å². The van der Waals surface area contributed by atoms with Gasteiger partial charge >= 0.3 is 0 Å². The van der Waals surface area contributed by atoms with Crippen LogP contribution in [0.1, 0.15) is 27.9 Å². The Kier molecular flexibility index (Phi) is 3.07. The van der Waals surface area contributed by atoms with Gasteiger partial charge in [-0.15, -0.1) is 0 Å². The van der Waals surface area contributed by atoms with Crippen molar-refractivity contribution in [2.24, 2.45) is 11.7 Å². The van der Waals surface area contributed by atoms with Gasteiger partial charge in [0.05, 0.1) is 12.1 Å². The summed E-state index contributed by atoms with van der Waals surface area (Å²) in [5, 5.41) is 3.03. The summed E-state index contributed by atoms with van der Waals surface area (Å²) in [6.07, 6.45) is 1.13. The minimum atomic E-state index is -0.0492. The summed E-state index contributed by atoms with van der Waals surface area (Å²) in [5.74, 6) is 0.372. The van der Waals surface area contributed by atoms with Gasteiger partial charge < -0.3 is 15.8 Å². The van der Waals surface area contributed by atoms with Gasteiger partial charge in [-0.05, 0) is 31.9 Å². The number of amides is 1. The van der Waals surface area contributed by atoms with E-state index in [1.807, 2.05) is 32.0 Å². The Balaban J connectivity index is 1.71. The Bertz CT molecular complexity index is 515. The molecule has 3 N–H and O–H groups in total. The molecule has 1 aliphatic heterocycles. The molecule has 4 unspecified atom stereocenters. The average Bonchev–Trinajstić information content (AvgIpc) is 2.80. The van der Waals surface area contributed by atoms with Crippen LogP contribution in [0.25, 0.3) is 0 Å². The molecule has 0 bridgehead atoms. The molecule has 4 heteroatoms. The largest absolute Gasteiger partial charge is 0.376 e. The Morgan fingerprint density at radius 2 is 2.21 bits per heavy atom. The van der Waals surface area contributed by atoms with Crippen LogP contribution in [0, 0.1) is 19.8 Å². The molecule has 0 spiro atoms. The molecule has 1 aliphatic carbocycles. The number of carbonyl (C=O) groups is 1. The van der Waals surface area contributed by atoms with Crippen LogP contribution in [-0.2, 0) is 4.74 Å². The first-order valence-electron chi connectivity index (χ1n) is 6.83. The lowest BCUT2D eigenvalue weighted by Gasteiger charge is -2.45. The standard InChI is InChI=1S/C15H20N2O2/c1-8-3-4-10(9(2)7-8)15(18)17-13-12(16)11-5-6-19-14(11)13/h3-4,7,11-14H,5-6,16H2,1-2H3,(H,17,18). The van der Waals surface area contributed by atoms with E-state index in [0.717, 1.165) is 29.7 Å². The number of nitrogens with one attached hydrogen (secondary N) is 1. The van der Waals surface area contributed by atoms with E-state index in [2.05, 4.69) is 5.32 Å². The van der Waals surface area contributed by atoms with E-state index < -0.39 is 0 Å². The quantitative estimate of drug-likeness (QED) is 0.838. The van der Waals surface area contributed by atoms with E-state index >= 15 is 0 Å². The van der Waals surface area contributed by atoms with Crippen molar-refractivity contribution in [3.8, 4) is 0 Å². The van der Waals surface area contributed by atoms with E-state index in [1.165, 1.54) is 0 Å². The third kappa shape index (κ3) is 2.05. The fourth-order valence-corrected chi connectivity index (χ4v) is 3.23. The molecular formula is C15H20N2O2. The highest BCUT2D eigenvalue weighted by Crippen LogP contribution is 2.37. The number of carbonyl (C=O) groups excluding carboxylic acids is 1. The summed E-state index contributed by atoms with van der Waals surface area (Å²) in [6.45, 7) is 4.74. The minimum absolute atomic E-state index is 0.0298. The summed E-state index contributed by atoms with van der Waals surface area (Å²) in [4.78, 5) is 12.3. The van der Waals surface area contributed by atoms with Gasteiger partial charge in [0, 0.05) is 24.1 Å². The van der Waals surface area contributed by atoms with Crippen molar-refractivity contribution in [3.63, 3.8) is 0 Å². The van der Waals surface area contributed by atoms with Crippen molar-refractivity contribution < 1.29 is 9.53 Å². The van der Waals surface area contributed by atoms with E-state index in [4.69, 9.17) is 10.5 Å². The van der Waals surface area contributed by atoms with E-state index in [9.17, 15) is 4.79 Å². The van der Waals surface area contributed by atoms with Crippen LogP contribution in [0.4, 0.5) is 0 Å². The zero-order chi connectivity index (χ0) is 13.6. The molecule has 1 aromatic rings. The number of hydrogen-bond donors (Lipinski definition) is 2. The molecular weight excluding hydrogens is 240 g/mol. The molecule has 4 atom stereocenters. The second kappa shape index (κ2) is 4.62. The lowest BCUT2D eigenvalue weighted by Crippen LogP contribution is -2.69. The highest BCUT2D eigenvalue weighted by molar-refractivity contribution is 5.96. The third-order valence-corrected chi connectivity index (χ3v) is 4.37. The summed E-state index contributed by atoms with van der Waals surface area (Å²) in [6, 6.07) is 5.84. The summed E-state index contributed by atoms with van der Waals surface area (Å²) in [7, 11) is 0. The molecule has 4 nitrogen and oxygen atoms in total. The Hall–Kier alpha value is -1.39. The second-order valence-electron chi connectivity index (χ2n) is 5.68. The van der Waals surface area contributed by atoms with Crippen LogP contribution in [0.3, 0.4) is 0 Å². The number of hydrogen-bond acceptors (Lipinski definition) is 3. The number of rotatable bonds is 2. The van der Waals surface area contributed by atoms with Crippen molar-refractivity contribution in [2.45, 2.75) is 38.5 Å². The molecule has 0 radical (unpaired) electrons. The maximum Gasteiger partial charge on any atom is 0.251 e. The molecule has 1 saturated heterocycles. The number of fused-ring (bicyclic) bond motifs is 1. The van der Waals surface area contributed by atoms with Gasteiger partial charge in [-0.1, -0.05) is 17.7 Å². The van der Waals surface area contributed by atoms with Crippen molar-refractivity contribution in [2.75, 3.05) is 6.61 Å². The highest BCUT2D eigenvalue weighted by Gasteiger charge is 2.52. The molecule has 1 heterocycles. The molecule has 19 heavy (non-hydrogen) atoms. The van der Waals surface area contributed by atoms with Crippen LogP contribution in [0.5, 0.6) is 0 Å². The maximum atomic E-state index is 12.3. The van der Waals surface area contributed by atoms with Crippen LogP contribution in [0.2, 0.25) is 0 Å². The Morgan fingerprint density at radius 1 is 1.42 bits per heavy atom. The number of benzene rings is 1. The Labute approximate surface area is 113 Å². The molecule has 1 amide bonds. The smallest absolute Gasteiger partial charge is 0.251 e. The predicted molar refractivity (Wildman–Crippen MR) is 73.0 cm³/mol. The van der Waals surface area contributed by atoms with Crippen LogP contribution in [0.15, 0.2) is 18.2 Å². The molecule has 2 aliphatic rings. The third-order valence-electron chi connectivity index (χ3n) is 4.37. The van der Waals surface area contributed by atoms with Gasteiger partial charge in [0.1, 0.15) is 0 Å². The molecule has 0 aromatic heterocycles.